The molecule has 25 heavy (non-hydrogen) atoms. The fraction of sp³-hybridized carbons (Fsp3) is 0.235. The summed E-state index contributed by atoms with van der Waals surface area (Å²) in [5, 5.41) is 21.3. The number of pyridine rings is 1. The number of carbonyl (C=O) groups is 1. The van der Waals surface area contributed by atoms with Crippen LogP contribution in [0.3, 0.4) is 0 Å². The van der Waals surface area contributed by atoms with E-state index in [-0.39, 0.29) is 6.04 Å². The first kappa shape index (κ1) is 16.8. The summed E-state index contributed by atoms with van der Waals surface area (Å²) in [4.78, 5) is 15.7. The van der Waals surface area contributed by atoms with E-state index in [0.29, 0.717) is 30.7 Å². The number of alkyl halides is 3. The molecule has 1 atom stereocenters. The Balaban J connectivity index is 1.80. The van der Waals surface area contributed by atoms with Gasteiger partial charge in [-0.25, -0.2) is 4.98 Å². The summed E-state index contributed by atoms with van der Waals surface area (Å²) in [7, 11) is 0. The Morgan fingerprint density at radius 2 is 2.12 bits per heavy atom. The van der Waals surface area contributed by atoms with Gasteiger partial charge in [-0.15, -0.1) is 0 Å². The van der Waals surface area contributed by atoms with Crippen LogP contribution in [0.25, 0.3) is 0 Å². The van der Waals surface area contributed by atoms with Crippen LogP contribution in [-0.4, -0.2) is 16.0 Å². The maximum atomic E-state index is 12.6. The average molecular weight is 347 g/mol. The predicted molar refractivity (Wildman–Crippen MR) is 80.6 cm³/mol. The highest BCUT2D eigenvalue weighted by atomic mass is 19.4. The maximum Gasteiger partial charge on any atom is 0.418 e. The zero-order chi connectivity index (χ0) is 18.2. The summed E-state index contributed by atoms with van der Waals surface area (Å²) in [6.45, 7) is 0. The molecule has 8 heteroatoms. The van der Waals surface area contributed by atoms with E-state index in [2.05, 4.69) is 10.3 Å². The molecule has 5 nitrogen and oxygen atoms in total. The number of amides is 1. The van der Waals surface area contributed by atoms with Crippen molar-refractivity contribution in [3.8, 4) is 11.8 Å². The first-order valence-electron chi connectivity index (χ1n) is 7.39. The van der Waals surface area contributed by atoms with Crippen molar-refractivity contribution < 1.29 is 23.1 Å². The smallest absolute Gasteiger partial charge is 0.418 e. The van der Waals surface area contributed by atoms with Crippen LogP contribution in [0.1, 0.15) is 45.2 Å². The highest BCUT2D eigenvalue weighted by Gasteiger charge is 2.33. The van der Waals surface area contributed by atoms with E-state index in [9.17, 15) is 23.1 Å². The Morgan fingerprint density at radius 1 is 1.36 bits per heavy atom. The quantitative estimate of drug-likeness (QED) is 0.874. The van der Waals surface area contributed by atoms with Gasteiger partial charge in [0.15, 0.2) is 5.69 Å². The Hall–Kier alpha value is -3.08. The molecule has 1 amide bonds. The van der Waals surface area contributed by atoms with Gasteiger partial charge in [0.1, 0.15) is 5.75 Å². The molecule has 0 aliphatic heterocycles. The number of aromatic nitrogens is 1. The Morgan fingerprint density at radius 3 is 2.76 bits per heavy atom. The molecular weight excluding hydrogens is 335 g/mol. The first-order chi connectivity index (χ1) is 11.8. The number of benzene rings is 1. The van der Waals surface area contributed by atoms with E-state index in [4.69, 9.17) is 5.26 Å². The van der Waals surface area contributed by atoms with Gasteiger partial charge in [0, 0.05) is 6.20 Å². The molecule has 1 aliphatic rings. The van der Waals surface area contributed by atoms with Crippen molar-refractivity contribution in [3.05, 3.63) is 58.4 Å². The van der Waals surface area contributed by atoms with Gasteiger partial charge >= 0.3 is 6.18 Å². The van der Waals surface area contributed by atoms with Crippen LogP contribution < -0.4 is 5.32 Å². The van der Waals surface area contributed by atoms with Gasteiger partial charge in [-0.3, -0.25) is 4.79 Å². The van der Waals surface area contributed by atoms with Crippen molar-refractivity contribution in [3.63, 3.8) is 0 Å². The molecule has 1 heterocycles. The van der Waals surface area contributed by atoms with Crippen molar-refractivity contribution in [1.82, 2.24) is 10.3 Å². The number of fused-ring (bicyclic) bond motifs is 1. The summed E-state index contributed by atoms with van der Waals surface area (Å²) in [6.07, 6.45) is -2.88. The van der Waals surface area contributed by atoms with Gasteiger partial charge in [0.05, 0.1) is 23.2 Å². The average Bonchev–Trinajstić information content (AvgIpc) is 2.95. The van der Waals surface area contributed by atoms with E-state index >= 15 is 0 Å². The van der Waals surface area contributed by atoms with E-state index < -0.39 is 29.1 Å². The molecule has 0 bridgehead atoms. The van der Waals surface area contributed by atoms with E-state index in [1.165, 1.54) is 0 Å². The molecule has 128 valence electrons. The number of nitriles is 1. The second kappa shape index (κ2) is 6.09. The molecule has 3 rings (SSSR count). The largest absolute Gasteiger partial charge is 0.505 e. The first-order valence-corrected chi connectivity index (χ1v) is 7.39. The zero-order valence-corrected chi connectivity index (χ0v) is 12.8. The molecule has 0 saturated heterocycles. The Labute approximate surface area is 140 Å². The van der Waals surface area contributed by atoms with Crippen molar-refractivity contribution >= 4 is 5.91 Å². The highest BCUT2D eigenvalue weighted by Crippen LogP contribution is 2.33. The topological polar surface area (TPSA) is 86.0 Å². The van der Waals surface area contributed by atoms with Gasteiger partial charge in [-0.2, -0.15) is 18.4 Å². The summed E-state index contributed by atoms with van der Waals surface area (Å²) >= 11 is 0. The molecular formula is C17H12F3N3O2. The molecule has 0 spiro atoms. The van der Waals surface area contributed by atoms with Gasteiger partial charge in [0.2, 0.25) is 0 Å². The summed E-state index contributed by atoms with van der Waals surface area (Å²) in [5.41, 5.74) is 0.715. The Bertz CT molecular complexity index is 888. The van der Waals surface area contributed by atoms with Crippen LogP contribution >= 0.6 is 0 Å². The minimum Gasteiger partial charge on any atom is -0.505 e. The lowest BCUT2D eigenvalue weighted by Gasteiger charge is -2.15. The number of rotatable bonds is 2. The van der Waals surface area contributed by atoms with Crippen molar-refractivity contribution in [1.29, 1.82) is 5.26 Å². The molecule has 0 saturated carbocycles. The third-order valence-electron chi connectivity index (χ3n) is 4.07. The standard InChI is InChI=1S/C17H12F3N3O2/c18-17(19,20)11-6-14(24)15(22-8-11)16(25)23-13-4-2-10-5-9(7-21)1-3-12(10)13/h1,3,5-6,8,13,24H,2,4H2,(H,23,25). The number of hydrogen-bond donors (Lipinski definition) is 2. The lowest BCUT2D eigenvalue weighted by Crippen LogP contribution is -2.28. The molecule has 0 radical (unpaired) electrons. The van der Waals surface area contributed by atoms with Crippen LogP contribution in [0.4, 0.5) is 13.2 Å². The third kappa shape index (κ3) is 3.26. The van der Waals surface area contributed by atoms with Crippen molar-refractivity contribution in [2.45, 2.75) is 25.1 Å². The SMILES string of the molecule is N#Cc1ccc2c(c1)CCC2NC(=O)c1ncc(C(F)(F)F)cc1O. The molecule has 1 aromatic heterocycles. The normalized spacial score (nSPS) is 16.2. The fourth-order valence-electron chi connectivity index (χ4n) is 2.85. The number of carbonyl (C=O) groups excluding carboxylic acids is 1. The van der Waals surface area contributed by atoms with E-state index in [0.717, 1.165) is 11.1 Å². The van der Waals surface area contributed by atoms with Gasteiger partial charge in [-0.1, -0.05) is 6.07 Å². The molecule has 1 unspecified atom stereocenters. The third-order valence-corrected chi connectivity index (χ3v) is 4.07. The molecule has 1 aliphatic carbocycles. The second-order valence-electron chi connectivity index (χ2n) is 5.68. The van der Waals surface area contributed by atoms with Crippen molar-refractivity contribution in [2.24, 2.45) is 0 Å². The fourth-order valence-corrected chi connectivity index (χ4v) is 2.85. The van der Waals surface area contributed by atoms with Crippen LogP contribution in [0.2, 0.25) is 0 Å². The number of nitrogens with one attached hydrogen (secondary N) is 1. The number of hydrogen-bond acceptors (Lipinski definition) is 4. The number of aryl methyl sites for hydroxylation is 1. The zero-order valence-electron chi connectivity index (χ0n) is 12.8. The van der Waals surface area contributed by atoms with Crippen LogP contribution in [0, 0.1) is 11.3 Å². The van der Waals surface area contributed by atoms with E-state index in [1.54, 1.807) is 18.2 Å². The molecule has 0 fully saturated rings. The van der Waals surface area contributed by atoms with Crippen molar-refractivity contribution in [2.75, 3.05) is 0 Å². The van der Waals surface area contributed by atoms with E-state index in [1.807, 2.05) is 6.07 Å². The van der Waals surface area contributed by atoms with Gasteiger partial charge in [-0.05, 0) is 42.2 Å². The summed E-state index contributed by atoms with van der Waals surface area (Å²) in [5.74, 6) is -1.58. The van der Waals surface area contributed by atoms with Gasteiger partial charge < -0.3 is 10.4 Å². The Kier molecular flexibility index (Phi) is 4.08. The molecule has 1 aromatic carbocycles. The minimum atomic E-state index is -4.65. The van der Waals surface area contributed by atoms with Gasteiger partial charge in [0.25, 0.3) is 5.91 Å². The van der Waals surface area contributed by atoms with Crippen LogP contribution in [0.5, 0.6) is 5.75 Å². The maximum absolute atomic E-state index is 12.6. The molecule has 2 N–H and O–H groups in total. The highest BCUT2D eigenvalue weighted by molar-refractivity contribution is 5.95. The molecule has 2 aromatic rings. The van der Waals surface area contributed by atoms with Crippen LogP contribution in [-0.2, 0) is 12.6 Å². The lowest BCUT2D eigenvalue weighted by molar-refractivity contribution is -0.138. The monoisotopic (exact) mass is 347 g/mol. The number of halogens is 3. The summed E-state index contributed by atoms with van der Waals surface area (Å²) in [6, 6.07) is 7.29. The lowest BCUT2D eigenvalue weighted by atomic mass is 10.1. The minimum absolute atomic E-state index is 0.348. The summed E-state index contributed by atoms with van der Waals surface area (Å²) < 4.78 is 37.7. The number of nitrogens with zero attached hydrogens (tertiary/aromatic N) is 2. The second-order valence-corrected chi connectivity index (χ2v) is 5.68. The van der Waals surface area contributed by atoms with Crippen LogP contribution in [0.15, 0.2) is 30.5 Å². The number of aromatic hydroxyl groups is 1. The predicted octanol–water partition coefficient (Wildman–Crippen LogP) is 3.09.